The second-order valence-corrected chi connectivity index (χ2v) is 6.71. The maximum atomic E-state index is 5.82. The number of ether oxygens (including phenoxy) is 2. The first-order valence-corrected chi connectivity index (χ1v) is 8.59. The van der Waals surface area contributed by atoms with Gasteiger partial charge >= 0.3 is 0 Å². The number of benzene rings is 1. The van der Waals surface area contributed by atoms with Crippen molar-refractivity contribution in [2.24, 2.45) is 0 Å². The van der Waals surface area contributed by atoms with E-state index in [0.29, 0.717) is 19.8 Å². The van der Waals surface area contributed by atoms with Crippen molar-refractivity contribution in [1.29, 1.82) is 0 Å². The molecule has 1 saturated heterocycles. The Morgan fingerprint density at radius 1 is 1.30 bits per heavy atom. The number of aryl methyl sites for hydroxylation is 2. The van der Waals surface area contributed by atoms with Crippen LogP contribution < -0.4 is 0 Å². The minimum Gasteiger partial charge on any atom is -0.376 e. The molecule has 1 aliphatic heterocycles. The van der Waals surface area contributed by atoms with Gasteiger partial charge < -0.3 is 9.47 Å². The van der Waals surface area contributed by atoms with Crippen LogP contribution in [0.5, 0.6) is 0 Å². The number of thiazole rings is 1. The molecule has 120 valence electrons. The van der Waals surface area contributed by atoms with Gasteiger partial charge in [-0.1, -0.05) is 6.92 Å². The zero-order valence-corrected chi connectivity index (χ0v) is 14.0. The van der Waals surface area contributed by atoms with Crippen molar-refractivity contribution in [3.05, 3.63) is 34.9 Å². The average Bonchev–Trinajstić information content (AvgIpc) is 3.17. The predicted molar refractivity (Wildman–Crippen MR) is 88.2 cm³/mol. The lowest BCUT2D eigenvalue weighted by molar-refractivity contribution is -0.0942. The highest BCUT2D eigenvalue weighted by Gasteiger charge is 2.24. The van der Waals surface area contributed by atoms with E-state index >= 15 is 0 Å². The molecule has 0 radical (unpaired) electrons. The van der Waals surface area contributed by atoms with Gasteiger partial charge in [0.2, 0.25) is 0 Å². The van der Waals surface area contributed by atoms with E-state index in [4.69, 9.17) is 9.47 Å². The van der Waals surface area contributed by atoms with Crippen LogP contribution in [-0.2, 0) is 15.9 Å². The van der Waals surface area contributed by atoms with Crippen molar-refractivity contribution in [3.63, 3.8) is 0 Å². The van der Waals surface area contributed by atoms with E-state index < -0.39 is 0 Å². The van der Waals surface area contributed by atoms with Gasteiger partial charge in [0.1, 0.15) is 6.10 Å². The molecular weight excluding hydrogens is 312 g/mol. The summed E-state index contributed by atoms with van der Waals surface area (Å²) >= 11 is 1.69. The maximum absolute atomic E-state index is 5.82. The van der Waals surface area contributed by atoms with E-state index in [1.165, 1.54) is 0 Å². The fraction of sp³-hybridized carbons (Fsp3) is 0.438. The maximum Gasteiger partial charge on any atom is 0.163 e. The Hall–Kier alpha value is -1.83. The molecule has 0 unspecified atom stereocenters. The largest absolute Gasteiger partial charge is 0.376 e. The van der Waals surface area contributed by atoms with Crippen molar-refractivity contribution >= 4 is 21.6 Å². The van der Waals surface area contributed by atoms with E-state index in [1.807, 2.05) is 23.7 Å². The van der Waals surface area contributed by atoms with E-state index in [2.05, 4.69) is 28.1 Å². The Bertz CT molecular complexity index is 836. The molecule has 2 aromatic heterocycles. The lowest BCUT2D eigenvalue weighted by Crippen LogP contribution is -2.24. The molecule has 0 aliphatic carbocycles. The second kappa shape index (κ2) is 5.99. The zero-order valence-electron chi connectivity index (χ0n) is 13.2. The molecule has 4 rings (SSSR count). The molecule has 23 heavy (non-hydrogen) atoms. The van der Waals surface area contributed by atoms with Crippen LogP contribution >= 0.6 is 11.3 Å². The van der Waals surface area contributed by atoms with Gasteiger partial charge in [-0.05, 0) is 25.1 Å². The van der Waals surface area contributed by atoms with Crippen molar-refractivity contribution in [2.75, 3.05) is 19.8 Å². The molecule has 0 amide bonds. The molecule has 0 saturated carbocycles. The quantitative estimate of drug-likeness (QED) is 0.739. The highest BCUT2D eigenvalue weighted by atomic mass is 32.1. The van der Waals surface area contributed by atoms with Crippen molar-refractivity contribution in [1.82, 2.24) is 19.7 Å². The summed E-state index contributed by atoms with van der Waals surface area (Å²) in [7, 11) is 0. The lowest BCUT2D eigenvalue weighted by Gasteiger charge is -2.22. The van der Waals surface area contributed by atoms with Gasteiger partial charge in [-0.25, -0.2) is 14.6 Å². The number of nitrogens with zero attached hydrogens (tertiary/aromatic N) is 4. The standard InChI is InChI=1S/C16H18N4O2S/c1-3-15-18-16(13-9-21-6-7-22-13)20(19-15)11-4-5-12-14(8-11)23-10(2)17-12/h4-5,8,13H,3,6-7,9H2,1-2H3/t13-/m1/s1. The molecule has 1 aromatic carbocycles. The smallest absolute Gasteiger partial charge is 0.163 e. The van der Waals surface area contributed by atoms with Gasteiger partial charge in [0.25, 0.3) is 0 Å². The van der Waals surface area contributed by atoms with Crippen LogP contribution in [0.1, 0.15) is 29.7 Å². The summed E-state index contributed by atoms with van der Waals surface area (Å²) in [5, 5.41) is 5.71. The number of hydrogen-bond donors (Lipinski definition) is 0. The van der Waals surface area contributed by atoms with Crippen LogP contribution in [0.15, 0.2) is 18.2 Å². The summed E-state index contributed by atoms with van der Waals surface area (Å²) in [6.07, 6.45) is 0.616. The third-order valence-electron chi connectivity index (χ3n) is 3.82. The Morgan fingerprint density at radius 3 is 3.00 bits per heavy atom. The third-order valence-corrected chi connectivity index (χ3v) is 4.75. The first kappa shape index (κ1) is 14.7. The molecule has 1 atom stereocenters. The van der Waals surface area contributed by atoms with Gasteiger partial charge in [0, 0.05) is 6.42 Å². The molecule has 3 aromatic rings. The van der Waals surface area contributed by atoms with Crippen LogP contribution in [-0.4, -0.2) is 39.6 Å². The minimum atomic E-state index is -0.171. The molecule has 0 bridgehead atoms. The molecule has 0 spiro atoms. The monoisotopic (exact) mass is 330 g/mol. The van der Waals surface area contributed by atoms with E-state index in [-0.39, 0.29) is 6.10 Å². The van der Waals surface area contributed by atoms with Gasteiger partial charge in [0.15, 0.2) is 11.6 Å². The summed E-state index contributed by atoms with van der Waals surface area (Å²) in [6.45, 7) is 5.82. The van der Waals surface area contributed by atoms with Crippen LogP contribution in [0.25, 0.3) is 15.9 Å². The van der Waals surface area contributed by atoms with Gasteiger partial charge in [-0.15, -0.1) is 11.3 Å². The van der Waals surface area contributed by atoms with Crippen LogP contribution in [0.4, 0.5) is 0 Å². The molecule has 7 heteroatoms. The Kier molecular flexibility index (Phi) is 3.84. The molecule has 1 aliphatic rings. The van der Waals surface area contributed by atoms with Crippen LogP contribution in [0.2, 0.25) is 0 Å². The second-order valence-electron chi connectivity index (χ2n) is 5.47. The molecule has 3 heterocycles. The van der Waals surface area contributed by atoms with Crippen molar-refractivity contribution < 1.29 is 9.47 Å². The van der Waals surface area contributed by atoms with Crippen LogP contribution in [0.3, 0.4) is 0 Å². The van der Waals surface area contributed by atoms with E-state index in [0.717, 1.165) is 39.0 Å². The van der Waals surface area contributed by atoms with Gasteiger partial charge in [-0.2, -0.15) is 5.10 Å². The lowest BCUT2D eigenvalue weighted by atomic mass is 10.2. The number of hydrogen-bond acceptors (Lipinski definition) is 6. The summed E-state index contributed by atoms with van der Waals surface area (Å²) in [5.74, 6) is 1.62. The van der Waals surface area contributed by atoms with E-state index in [9.17, 15) is 0 Å². The average molecular weight is 330 g/mol. The van der Waals surface area contributed by atoms with Crippen molar-refractivity contribution in [2.45, 2.75) is 26.4 Å². The molecule has 6 nitrogen and oxygen atoms in total. The summed E-state index contributed by atoms with van der Waals surface area (Å²) < 4.78 is 14.4. The van der Waals surface area contributed by atoms with Crippen molar-refractivity contribution in [3.8, 4) is 5.69 Å². The van der Waals surface area contributed by atoms with Crippen LogP contribution in [0, 0.1) is 6.92 Å². The zero-order chi connectivity index (χ0) is 15.8. The minimum absolute atomic E-state index is 0.171. The fourth-order valence-electron chi connectivity index (χ4n) is 2.71. The van der Waals surface area contributed by atoms with Gasteiger partial charge in [0.05, 0.1) is 40.7 Å². The Labute approximate surface area is 138 Å². The normalized spacial score (nSPS) is 18.6. The summed E-state index contributed by atoms with van der Waals surface area (Å²) in [6, 6.07) is 6.17. The third kappa shape index (κ3) is 2.75. The molecule has 0 N–H and O–H groups in total. The van der Waals surface area contributed by atoms with Gasteiger partial charge in [-0.3, -0.25) is 0 Å². The topological polar surface area (TPSA) is 62.1 Å². The number of rotatable bonds is 3. The first-order chi connectivity index (χ1) is 11.2. The summed E-state index contributed by atoms with van der Waals surface area (Å²) in [5.41, 5.74) is 2.00. The molecule has 1 fully saturated rings. The Balaban J connectivity index is 1.80. The highest BCUT2D eigenvalue weighted by molar-refractivity contribution is 7.18. The highest BCUT2D eigenvalue weighted by Crippen LogP contribution is 2.27. The summed E-state index contributed by atoms with van der Waals surface area (Å²) in [4.78, 5) is 9.16. The fourth-order valence-corrected chi connectivity index (χ4v) is 3.57. The SMILES string of the molecule is CCc1nc([C@H]2COCCO2)n(-c2ccc3nc(C)sc3c2)n1. The predicted octanol–water partition coefficient (Wildman–Crippen LogP) is 2.84. The molecular formula is C16H18N4O2S. The first-order valence-electron chi connectivity index (χ1n) is 7.77. The number of aromatic nitrogens is 4. The Morgan fingerprint density at radius 2 is 2.22 bits per heavy atom. The number of fused-ring (bicyclic) bond motifs is 1. The van der Waals surface area contributed by atoms with E-state index in [1.54, 1.807) is 11.3 Å².